The average molecular weight is 443 g/mol. The Labute approximate surface area is 180 Å². The molecule has 0 atom stereocenters. The van der Waals surface area contributed by atoms with Crippen molar-refractivity contribution < 1.29 is 18.4 Å². The summed E-state index contributed by atoms with van der Waals surface area (Å²) < 4.78 is 26.8. The number of hydrogen-bond acceptors (Lipinski definition) is 4. The monoisotopic (exact) mass is 442 g/mol. The van der Waals surface area contributed by atoms with Gasteiger partial charge >= 0.3 is 0 Å². The fraction of sp³-hybridized carbons (Fsp3) is 0. The predicted molar refractivity (Wildman–Crippen MR) is 113 cm³/mol. The Bertz CT molecular complexity index is 1170. The molecule has 1 aliphatic rings. The van der Waals surface area contributed by atoms with Crippen molar-refractivity contribution in [2.45, 2.75) is 4.90 Å². The van der Waals surface area contributed by atoms with Crippen molar-refractivity contribution in [3.8, 4) is 0 Å². The van der Waals surface area contributed by atoms with Gasteiger partial charge in [-0.2, -0.15) is 0 Å². The molecule has 0 aromatic heterocycles. The van der Waals surface area contributed by atoms with Crippen LogP contribution in [0.3, 0.4) is 0 Å². The van der Waals surface area contributed by atoms with Crippen molar-refractivity contribution in [1.82, 2.24) is 0 Å². The maximum absolute atomic E-state index is 13.6. The van der Waals surface area contributed by atoms with Crippen LogP contribution in [0.25, 0.3) is 0 Å². The molecule has 0 spiro atoms. The maximum Gasteiger partial charge on any atom is 0.283 e. The van der Waals surface area contributed by atoms with Crippen molar-refractivity contribution in [2.75, 3.05) is 10.2 Å². The smallest absolute Gasteiger partial charge is 0.283 e. The van der Waals surface area contributed by atoms with E-state index in [4.69, 9.17) is 11.6 Å². The van der Waals surface area contributed by atoms with Gasteiger partial charge in [-0.1, -0.05) is 41.6 Å². The first-order chi connectivity index (χ1) is 14.4. The Morgan fingerprint density at radius 1 is 0.867 bits per heavy atom. The molecule has 0 aliphatic carbocycles. The van der Waals surface area contributed by atoms with Crippen LogP contribution in [-0.2, 0) is 9.59 Å². The Hall–Kier alpha value is -3.16. The standard InChI is InChI=1S/C22H13ClF2N2O2S/c23-17-12-15(10-11-18(17)25)27-21(28)19(26-14-8-6-13(24)7-9-14)20(22(27)29)30-16-4-2-1-3-5-16/h1-12,26H. The SMILES string of the molecule is O=C1C(Nc2ccc(F)cc2)=C(Sc2ccccc2)C(=O)N1c1ccc(F)c(Cl)c1. The fourth-order valence-electron chi connectivity index (χ4n) is 2.86. The van der Waals surface area contributed by atoms with Gasteiger partial charge in [0.15, 0.2) is 0 Å². The zero-order valence-corrected chi connectivity index (χ0v) is 16.8. The molecule has 0 radical (unpaired) electrons. The molecule has 1 N–H and O–H groups in total. The van der Waals surface area contributed by atoms with E-state index >= 15 is 0 Å². The lowest BCUT2D eigenvalue weighted by Crippen LogP contribution is -2.32. The summed E-state index contributed by atoms with van der Waals surface area (Å²) in [5, 5.41) is 2.71. The average Bonchev–Trinajstić information content (AvgIpc) is 2.96. The van der Waals surface area contributed by atoms with E-state index in [1.165, 1.54) is 36.4 Å². The number of nitrogens with zero attached hydrogens (tertiary/aromatic N) is 1. The Kier molecular flexibility index (Phi) is 5.57. The van der Waals surface area contributed by atoms with Crippen molar-refractivity contribution in [1.29, 1.82) is 0 Å². The van der Waals surface area contributed by atoms with Crippen LogP contribution in [0.1, 0.15) is 0 Å². The number of rotatable bonds is 5. The molecule has 1 heterocycles. The Balaban J connectivity index is 1.75. The number of hydrogen-bond donors (Lipinski definition) is 1. The lowest BCUT2D eigenvalue weighted by atomic mass is 10.2. The van der Waals surface area contributed by atoms with Crippen molar-refractivity contribution in [3.05, 3.63) is 100 Å². The van der Waals surface area contributed by atoms with E-state index in [-0.39, 0.29) is 21.3 Å². The second kappa shape index (κ2) is 8.30. The molecule has 150 valence electrons. The van der Waals surface area contributed by atoms with Gasteiger partial charge in [0.25, 0.3) is 11.8 Å². The number of nitrogens with one attached hydrogen (secondary N) is 1. The summed E-state index contributed by atoms with van der Waals surface area (Å²) in [6.07, 6.45) is 0. The van der Waals surface area contributed by atoms with Gasteiger partial charge in [0, 0.05) is 10.6 Å². The molecule has 3 aromatic rings. The lowest BCUT2D eigenvalue weighted by Gasteiger charge is -2.15. The van der Waals surface area contributed by atoms with Crippen LogP contribution in [0.2, 0.25) is 5.02 Å². The minimum absolute atomic E-state index is 0.0425. The summed E-state index contributed by atoms with van der Waals surface area (Å²) in [4.78, 5) is 28.2. The summed E-state index contributed by atoms with van der Waals surface area (Å²) in [7, 11) is 0. The number of anilines is 2. The number of thioether (sulfide) groups is 1. The van der Waals surface area contributed by atoms with Gasteiger partial charge in [-0.25, -0.2) is 13.7 Å². The summed E-state index contributed by atoms with van der Waals surface area (Å²) in [5.41, 5.74) is 0.636. The second-order valence-corrected chi connectivity index (χ2v) is 7.79. The molecule has 4 rings (SSSR count). The first kappa shape index (κ1) is 20.1. The minimum atomic E-state index is -0.656. The van der Waals surface area contributed by atoms with Gasteiger partial charge in [-0.3, -0.25) is 9.59 Å². The van der Waals surface area contributed by atoms with Crippen LogP contribution in [0.15, 0.2) is 88.3 Å². The predicted octanol–water partition coefficient (Wildman–Crippen LogP) is 5.61. The number of carbonyl (C=O) groups excluding carboxylic acids is 2. The van der Waals surface area contributed by atoms with E-state index in [1.54, 1.807) is 0 Å². The largest absolute Gasteiger partial charge is 0.350 e. The molecule has 0 bridgehead atoms. The number of benzene rings is 3. The molecule has 0 fully saturated rings. The number of amides is 2. The highest BCUT2D eigenvalue weighted by Crippen LogP contribution is 2.38. The van der Waals surface area contributed by atoms with Crippen molar-refractivity contribution in [3.63, 3.8) is 0 Å². The molecule has 0 saturated heterocycles. The summed E-state index contributed by atoms with van der Waals surface area (Å²) in [6, 6.07) is 18.1. The van der Waals surface area contributed by atoms with E-state index in [1.807, 2.05) is 30.3 Å². The van der Waals surface area contributed by atoms with Crippen LogP contribution in [0.4, 0.5) is 20.2 Å². The summed E-state index contributed by atoms with van der Waals surface area (Å²) in [5.74, 6) is -2.27. The van der Waals surface area contributed by atoms with E-state index < -0.39 is 23.4 Å². The molecule has 1 aliphatic heterocycles. The summed E-state index contributed by atoms with van der Waals surface area (Å²) in [6.45, 7) is 0. The molecule has 0 unspecified atom stereocenters. The molecular formula is C22H13ClF2N2O2S. The maximum atomic E-state index is 13.6. The fourth-order valence-corrected chi connectivity index (χ4v) is 3.98. The number of halogens is 3. The topological polar surface area (TPSA) is 49.4 Å². The van der Waals surface area contributed by atoms with Crippen molar-refractivity contribution >= 4 is 46.6 Å². The van der Waals surface area contributed by atoms with E-state index in [0.717, 1.165) is 27.6 Å². The normalized spacial score (nSPS) is 13.9. The van der Waals surface area contributed by atoms with Crippen LogP contribution in [-0.4, -0.2) is 11.8 Å². The molecule has 3 aromatic carbocycles. The third-order valence-electron chi connectivity index (χ3n) is 4.28. The van der Waals surface area contributed by atoms with Crippen LogP contribution < -0.4 is 10.2 Å². The first-order valence-electron chi connectivity index (χ1n) is 8.77. The van der Waals surface area contributed by atoms with Gasteiger partial charge in [-0.15, -0.1) is 0 Å². The number of carbonyl (C=O) groups is 2. The Morgan fingerprint density at radius 3 is 2.23 bits per heavy atom. The van der Waals surface area contributed by atoms with Crippen LogP contribution in [0, 0.1) is 11.6 Å². The highest BCUT2D eigenvalue weighted by molar-refractivity contribution is 8.04. The van der Waals surface area contributed by atoms with Gasteiger partial charge < -0.3 is 5.32 Å². The zero-order valence-electron chi connectivity index (χ0n) is 15.2. The molecular weight excluding hydrogens is 430 g/mol. The quantitative estimate of drug-likeness (QED) is 0.522. The van der Waals surface area contributed by atoms with Gasteiger partial charge in [0.05, 0.1) is 10.7 Å². The molecule has 0 saturated carbocycles. The third kappa shape index (κ3) is 3.94. The third-order valence-corrected chi connectivity index (χ3v) is 5.66. The minimum Gasteiger partial charge on any atom is -0.350 e. The van der Waals surface area contributed by atoms with Gasteiger partial charge in [0.1, 0.15) is 22.2 Å². The van der Waals surface area contributed by atoms with Crippen LogP contribution in [0.5, 0.6) is 0 Å². The Morgan fingerprint density at radius 2 is 1.57 bits per heavy atom. The van der Waals surface area contributed by atoms with E-state index in [0.29, 0.717) is 5.69 Å². The molecule has 30 heavy (non-hydrogen) atoms. The van der Waals surface area contributed by atoms with E-state index in [9.17, 15) is 18.4 Å². The first-order valence-corrected chi connectivity index (χ1v) is 9.97. The summed E-state index contributed by atoms with van der Waals surface area (Å²) >= 11 is 6.96. The number of imide groups is 1. The lowest BCUT2D eigenvalue weighted by molar-refractivity contribution is -0.120. The highest BCUT2D eigenvalue weighted by Gasteiger charge is 2.40. The molecule has 2 amide bonds. The van der Waals surface area contributed by atoms with Gasteiger partial charge in [-0.05, 0) is 54.6 Å². The zero-order chi connectivity index (χ0) is 21.3. The van der Waals surface area contributed by atoms with Crippen molar-refractivity contribution in [2.24, 2.45) is 0 Å². The van der Waals surface area contributed by atoms with Gasteiger partial charge in [0.2, 0.25) is 0 Å². The highest BCUT2D eigenvalue weighted by atomic mass is 35.5. The second-order valence-electron chi connectivity index (χ2n) is 6.30. The molecule has 8 heteroatoms. The van der Waals surface area contributed by atoms with Crippen LogP contribution >= 0.6 is 23.4 Å². The van der Waals surface area contributed by atoms with E-state index in [2.05, 4.69) is 5.32 Å². The molecule has 4 nitrogen and oxygen atoms in total.